The molecule has 3 aliphatic rings. The highest BCUT2D eigenvalue weighted by Crippen LogP contribution is 2.32. The normalized spacial score (nSPS) is 20.4. The van der Waals surface area contributed by atoms with Crippen molar-refractivity contribution < 1.29 is 4.79 Å². The summed E-state index contributed by atoms with van der Waals surface area (Å²) in [6.07, 6.45) is 13.9. The summed E-state index contributed by atoms with van der Waals surface area (Å²) in [4.78, 5) is 25.4. The number of nitrogens with one attached hydrogen (secondary N) is 1. The Morgan fingerprint density at radius 2 is 1.91 bits per heavy atom. The van der Waals surface area contributed by atoms with E-state index < -0.39 is 0 Å². The van der Waals surface area contributed by atoms with Gasteiger partial charge in [0.25, 0.3) is 0 Å². The Labute approximate surface area is 194 Å². The monoisotopic (exact) mass is 442 g/mol. The van der Waals surface area contributed by atoms with Gasteiger partial charge < -0.3 is 20.9 Å². The lowest BCUT2D eigenvalue weighted by atomic mass is 10.0. The second-order valence-electron chi connectivity index (χ2n) is 8.99. The minimum atomic E-state index is -0.109. The summed E-state index contributed by atoms with van der Waals surface area (Å²) in [5.74, 6) is 1.91. The van der Waals surface area contributed by atoms with Gasteiger partial charge in [0, 0.05) is 19.0 Å². The van der Waals surface area contributed by atoms with Crippen LogP contribution in [0, 0.1) is 12.8 Å². The van der Waals surface area contributed by atoms with E-state index in [1.807, 2.05) is 4.90 Å². The molecule has 7 nitrogen and oxygen atoms in total. The zero-order valence-electron chi connectivity index (χ0n) is 19.0. The van der Waals surface area contributed by atoms with Crippen molar-refractivity contribution in [3.63, 3.8) is 0 Å². The molecule has 2 aromatic rings. The molecule has 1 fully saturated rings. The predicted octanol–water partition coefficient (Wildman–Crippen LogP) is 3.55. The van der Waals surface area contributed by atoms with Gasteiger partial charge in [-0.1, -0.05) is 54.6 Å². The Morgan fingerprint density at radius 3 is 2.70 bits per heavy atom. The number of aryl methyl sites for hydroxylation is 1. The fourth-order valence-electron chi connectivity index (χ4n) is 4.74. The van der Waals surface area contributed by atoms with Crippen LogP contribution in [0.15, 0.2) is 54.6 Å². The molecule has 2 aliphatic heterocycles. The summed E-state index contributed by atoms with van der Waals surface area (Å²) >= 11 is 0. The van der Waals surface area contributed by atoms with Crippen LogP contribution in [0.5, 0.6) is 0 Å². The van der Waals surface area contributed by atoms with Gasteiger partial charge >= 0.3 is 0 Å². The van der Waals surface area contributed by atoms with Crippen molar-refractivity contribution in [2.75, 3.05) is 42.1 Å². The van der Waals surface area contributed by atoms with Crippen LogP contribution in [0.3, 0.4) is 0 Å². The van der Waals surface area contributed by atoms with Crippen molar-refractivity contribution in [2.45, 2.75) is 26.3 Å². The van der Waals surface area contributed by atoms with Crippen molar-refractivity contribution in [3.8, 4) is 0 Å². The smallest absolute Gasteiger partial charge is 0.244 e. The molecule has 1 atom stereocenters. The number of carbonyl (C=O) groups is 1. The molecule has 7 heteroatoms. The summed E-state index contributed by atoms with van der Waals surface area (Å²) in [7, 11) is 0. The molecule has 3 heterocycles. The lowest BCUT2D eigenvalue weighted by Gasteiger charge is -2.30. The minimum Gasteiger partial charge on any atom is -0.382 e. The van der Waals surface area contributed by atoms with E-state index in [0.29, 0.717) is 35.6 Å². The van der Waals surface area contributed by atoms with E-state index in [0.717, 1.165) is 12.1 Å². The summed E-state index contributed by atoms with van der Waals surface area (Å²) < 4.78 is 0. The summed E-state index contributed by atoms with van der Waals surface area (Å²) in [5, 5.41) is 2.80. The third-order valence-corrected chi connectivity index (χ3v) is 6.41. The Kier molecular flexibility index (Phi) is 5.96. The van der Waals surface area contributed by atoms with Crippen LogP contribution in [0.1, 0.15) is 29.8 Å². The third kappa shape index (κ3) is 4.83. The van der Waals surface area contributed by atoms with Crippen molar-refractivity contribution in [3.05, 3.63) is 71.6 Å². The number of nitrogens with two attached hydrogens (primary N) is 1. The van der Waals surface area contributed by atoms with Gasteiger partial charge in [0.2, 0.25) is 5.91 Å². The lowest BCUT2D eigenvalue weighted by molar-refractivity contribution is -0.115. The number of hydrogen-bond acceptors (Lipinski definition) is 6. The Hall–Kier alpha value is -3.45. The molecule has 1 saturated heterocycles. The van der Waals surface area contributed by atoms with E-state index in [2.05, 4.69) is 74.8 Å². The number of nitrogens with zero attached hydrogens (tertiary/aromatic N) is 4. The molecule has 0 saturated carbocycles. The quantitative estimate of drug-likeness (QED) is 0.736. The number of hydrogen-bond donors (Lipinski definition) is 2. The number of fused-ring (bicyclic) bond motifs is 1. The Bertz CT molecular complexity index is 1130. The predicted molar refractivity (Wildman–Crippen MR) is 133 cm³/mol. The van der Waals surface area contributed by atoms with Crippen LogP contribution in [0.4, 0.5) is 17.3 Å². The van der Waals surface area contributed by atoms with Crippen molar-refractivity contribution in [2.24, 2.45) is 5.92 Å². The molecular weight excluding hydrogens is 412 g/mol. The van der Waals surface area contributed by atoms with Gasteiger partial charge in [-0.3, -0.25) is 4.79 Å². The van der Waals surface area contributed by atoms with Crippen LogP contribution in [-0.2, 0) is 11.3 Å². The lowest BCUT2D eigenvalue weighted by Crippen LogP contribution is -2.39. The highest BCUT2D eigenvalue weighted by molar-refractivity contribution is 6.03. The van der Waals surface area contributed by atoms with Gasteiger partial charge in [0.1, 0.15) is 11.5 Å². The molecule has 5 rings (SSSR count). The highest BCUT2D eigenvalue weighted by atomic mass is 16.2. The van der Waals surface area contributed by atoms with Gasteiger partial charge in [-0.2, -0.15) is 0 Å². The third-order valence-electron chi connectivity index (χ3n) is 6.41. The van der Waals surface area contributed by atoms with E-state index in [1.165, 1.54) is 37.1 Å². The number of anilines is 3. The van der Waals surface area contributed by atoms with E-state index in [9.17, 15) is 4.79 Å². The van der Waals surface area contributed by atoms with Crippen LogP contribution in [0.2, 0.25) is 0 Å². The topological polar surface area (TPSA) is 87.4 Å². The van der Waals surface area contributed by atoms with Crippen LogP contribution < -0.4 is 16.0 Å². The van der Waals surface area contributed by atoms with Gasteiger partial charge in [-0.25, -0.2) is 9.97 Å². The van der Waals surface area contributed by atoms with Crippen molar-refractivity contribution in [1.82, 2.24) is 14.9 Å². The second-order valence-corrected chi connectivity index (χ2v) is 8.99. The fourth-order valence-corrected chi connectivity index (χ4v) is 4.74. The average molecular weight is 443 g/mol. The maximum atomic E-state index is 12.2. The molecule has 33 heavy (non-hydrogen) atoms. The van der Waals surface area contributed by atoms with E-state index in [-0.39, 0.29) is 12.5 Å². The first-order valence-electron chi connectivity index (χ1n) is 11.6. The molecule has 1 aromatic carbocycles. The molecule has 1 aliphatic carbocycles. The number of aromatic nitrogens is 2. The van der Waals surface area contributed by atoms with E-state index in [4.69, 9.17) is 5.73 Å². The standard InChI is InChI=1S/C26H30N6O/c1-18-28-25(27)24-26(29-18)32(17-23(33)30-24)16-20-8-11-22(12-9-20)21-6-4-5-19(7-10-21)15-31-13-2-3-14-31/h4-12,19H,2-3,13-17H2,1H3,(H,30,33)(H2,27,28,29). The molecule has 1 amide bonds. The summed E-state index contributed by atoms with van der Waals surface area (Å²) in [5.41, 5.74) is 10.0. The number of rotatable bonds is 5. The van der Waals surface area contributed by atoms with Crippen LogP contribution >= 0.6 is 0 Å². The highest BCUT2D eigenvalue weighted by Gasteiger charge is 2.26. The molecule has 170 valence electrons. The number of allylic oxidation sites excluding steroid dienone is 4. The molecule has 1 unspecified atom stereocenters. The first kappa shape index (κ1) is 21.4. The molecule has 0 spiro atoms. The average Bonchev–Trinajstić information content (AvgIpc) is 3.19. The molecule has 0 radical (unpaired) electrons. The Balaban J connectivity index is 1.28. The van der Waals surface area contributed by atoms with E-state index in [1.54, 1.807) is 6.92 Å². The van der Waals surface area contributed by atoms with Gasteiger partial charge in [0.15, 0.2) is 11.6 Å². The zero-order valence-corrected chi connectivity index (χ0v) is 19.0. The summed E-state index contributed by atoms with van der Waals surface area (Å²) in [6.45, 7) is 6.16. The Morgan fingerprint density at radius 1 is 1.12 bits per heavy atom. The molecule has 0 bridgehead atoms. The van der Waals surface area contributed by atoms with Crippen molar-refractivity contribution >= 4 is 28.8 Å². The fraction of sp³-hybridized carbons (Fsp3) is 0.346. The van der Waals surface area contributed by atoms with E-state index >= 15 is 0 Å². The molecule has 3 N–H and O–H groups in total. The first-order valence-corrected chi connectivity index (χ1v) is 11.6. The maximum Gasteiger partial charge on any atom is 0.244 e. The summed E-state index contributed by atoms with van der Waals surface area (Å²) in [6, 6.07) is 8.52. The van der Waals surface area contributed by atoms with Crippen molar-refractivity contribution in [1.29, 1.82) is 0 Å². The number of nitrogen functional groups attached to an aromatic ring is 1. The van der Waals surface area contributed by atoms with Crippen LogP contribution in [0.25, 0.3) is 5.57 Å². The number of likely N-dealkylation sites (tertiary alicyclic amines) is 1. The number of carbonyl (C=O) groups excluding carboxylic acids is 1. The number of benzene rings is 1. The van der Waals surface area contributed by atoms with Gasteiger partial charge in [0.05, 0.1) is 6.54 Å². The minimum absolute atomic E-state index is 0.109. The largest absolute Gasteiger partial charge is 0.382 e. The second kappa shape index (κ2) is 9.19. The molecular formula is C26H30N6O. The molecule has 1 aromatic heterocycles. The first-order chi connectivity index (χ1) is 16.0. The SMILES string of the molecule is Cc1nc(N)c2c(n1)N(Cc1ccc(C3=CC=CC(CN4CCCC4)C=C3)cc1)CC(=O)N2. The van der Waals surface area contributed by atoms with Gasteiger partial charge in [-0.15, -0.1) is 0 Å². The van der Waals surface area contributed by atoms with Crippen LogP contribution in [-0.4, -0.2) is 47.0 Å². The maximum absolute atomic E-state index is 12.2. The van der Waals surface area contributed by atoms with Gasteiger partial charge in [-0.05, 0) is 49.6 Å². The number of amides is 1. The zero-order chi connectivity index (χ0) is 22.8.